The lowest BCUT2D eigenvalue weighted by atomic mass is 10.0. The van der Waals surface area contributed by atoms with E-state index in [4.69, 9.17) is 15.2 Å². The van der Waals surface area contributed by atoms with Gasteiger partial charge in [0.15, 0.2) is 0 Å². The molecule has 3 aromatic rings. The number of ketones is 1. The number of nitrogens with zero attached hydrogens (tertiary/aromatic N) is 1. The molecule has 1 heterocycles. The third-order valence-electron chi connectivity index (χ3n) is 5.31. The van der Waals surface area contributed by atoms with Gasteiger partial charge >= 0.3 is 5.97 Å². The molecule has 0 radical (unpaired) electrons. The molecule has 0 saturated carbocycles. The molecule has 0 aliphatic rings. The van der Waals surface area contributed by atoms with Crippen molar-refractivity contribution in [2.45, 2.75) is 40.2 Å². The van der Waals surface area contributed by atoms with Crippen LogP contribution in [0.3, 0.4) is 0 Å². The number of rotatable bonds is 10. The Kier molecular flexibility index (Phi) is 7.30. The van der Waals surface area contributed by atoms with E-state index in [1.807, 2.05) is 54.8 Å². The van der Waals surface area contributed by atoms with E-state index in [0.717, 1.165) is 16.6 Å². The van der Waals surface area contributed by atoms with Crippen LogP contribution in [-0.2, 0) is 20.9 Å². The van der Waals surface area contributed by atoms with Crippen LogP contribution in [0.2, 0.25) is 0 Å². The topological polar surface area (TPSA) is 101 Å². The summed E-state index contributed by atoms with van der Waals surface area (Å²) in [6, 6.07) is 13.5. The highest BCUT2D eigenvalue weighted by Gasteiger charge is 2.25. The lowest BCUT2D eigenvalue weighted by molar-refractivity contribution is -0.143. The molecule has 2 N–H and O–H groups in total. The summed E-state index contributed by atoms with van der Waals surface area (Å²) in [6.45, 7) is 6.75. The molecule has 0 atom stereocenters. The number of primary amides is 1. The van der Waals surface area contributed by atoms with Crippen molar-refractivity contribution < 1.29 is 23.9 Å². The van der Waals surface area contributed by atoms with Crippen molar-refractivity contribution in [3.05, 3.63) is 64.8 Å². The molecular weight excluding hydrogens is 408 g/mol. The highest BCUT2D eigenvalue weighted by Crippen LogP contribution is 2.33. The largest absolute Gasteiger partial charge is 0.494 e. The molecule has 0 fully saturated rings. The summed E-state index contributed by atoms with van der Waals surface area (Å²) >= 11 is 0. The molecule has 7 heteroatoms. The van der Waals surface area contributed by atoms with Gasteiger partial charge in [-0.3, -0.25) is 14.4 Å². The first-order valence-electron chi connectivity index (χ1n) is 10.6. The van der Waals surface area contributed by atoms with Crippen LogP contribution in [0.25, 0.3) is 10.9 Å². The maximum atomic E-state index is 12.7. The van der Waals surface area contributed by atoms with Crippen LogP contribution in [0, 0.1) is 13.8 Å². The number of hydrogen-bond acceptors (Lipinski definition) is 5. The zero-order chi connectivity index (χ0) is 23.3. The summed E-state index contributed by atoms with van der Waals surface area (Å²) in [4.78, 5) is 35.9. The van der Waals surface area contributed by atoms with Gasteiger partial charge in [-0.05, 0) is 50.5 Å². The standard InChI is InChI=1S/C25H28N2O5/c1-4-31-21(28)11-8-12-32-19-13-16(2)23-20(14-19)22(24(29)25(26)30)17(3)27(23)15-18-9-6-5-7-10-18/h5-7,9-10,13-14H,4,8,11-12,15H2,1-3H3,(H2,26,30). The second-order valence-electron chi connectivity index (χ2n) is 7.62. The van der Waals surface area contributed by atoms with Gasteiger partial charge in [0.05, 0.1) is 24.3 Å². The highest BCUT2D eigenvalue weighted by molar-refractivity contribution is 6.45. The number of hydrogen-bond donors (Lipinski definition) is 1. The molecule has 0 spiro atoms. The molecule has 0 aliphatic heterocycles. The van der Waals surface area contributed by atoms with Crippen molar-refractivity contribution in [1.29, 1.82) is 0 Å². The van der Waals surface area contributed by atoms with Gasteiger partial charge in [0, 0.05) is 24.0 Å². The third-order valence-corrected chi connectivity index (χ3v) is 5.31. The summed E-state index contributed by atoms with van der Waals surface area (Å²) in [5, 5.41) is 0.627. The minimum Gasteiger partial charge on any atom is -0.494 e. The van der Waals surface area contributed by atoms with Gasteiger partial charge in [-0.15, -0.1) is 0 Å². The van der Waals surface area contributed by atoms with Gasteiger partial charge in [-0.1, -0.05) is 30.3 Å². The minimum atomic E-state index is -0.995. The van der Waals surface area contributed by atoms with Crippen LogP contribution in [0.15, 0.2) is 42.5 Å². The van der Waals surface area contributed by atoms with E-state index in [2.05, 4.69) is 0 Å². The van der Waals surface area contributed by atoms with Crippen molar-refractivity contribution in [2.24, 2.45) is 5.73 Å². The number of nitrogens with two attached hydrogens (primary N) is 1. The molecule has 0 unspecified atom stereocenters. The predicted molar refractivity (Wildman–Crippen MR) is 122 cm³/mol. The second-order valence-corrected chi connectivity index (χ2v) is 7.62. The number of aromatic nitrogens is 1. The molecule has 3 rings (SSSR count). The van der Waals surface area contributed by atoms with E-state index < -0.39 is 11.7 Å². The van der Waals surface area contributed by atoms with Crippen LogP contribution in [-0.4, -0.2) is 35.4 Å². The molecule has 0 aliphatic carbocycles. The monoisotopic (exact) mass is 436 g/mol. The summed E-state index contributed by atoms with van der Waals surface area (Å²) in [6.07, 6.45) is 0.782. The zero-order valence-corrected chi connectivity index (χ0v) is 18.6. The Bertz CT molecular complexity index is 1150. The van der Waals surface area contributed by atoms with Crippen LogP contribution < -0.4 is 10.5 Å². The predicted octanol–water partition coefficient (Wildman–Crippen LogP) is 3.70. The van der Waals surface area contributed by atoms with E-state index in [1.54, 1.807) is 13.0 Å². The van der Waals surface area contributed by atoms with Gasteiger partial charge in [0.25, 0.3) is 11.7 Å². The summed E-state index contributed by atoms with van der Waals surface area (Å²) in [5.41, 5.74) is 9.15. The van der Waals surface area contributed by atoms with Crippen LogP contribution >= 0.6 is 0 Å². The van der Waals surface area contributed by atoms with E-state index in [0.29, 0.717) is 48.6 Å². The quantitative estimate of drug-likeness (QED) is 0.226. The summed E-state index contributed by atoms with van der Waals surface area (Å²) in [7, 11) is 0. The van der Waals surface area contributed by atoms with Crippen molar-refractivity contribution in [3.8, 4) is 5.75 Å². The van der Waals surface area contributed by atoms with E-state index in [-0.39, 0.29) is 12.4 Å². The number of Topliss-reactive ketones (excluding diaryl/α,β-unsaturated/α-hetero) is 1. The van der Waals surface area contributed by atoms with Gasteiger partial charge < -0.3 is 19.8 Å². The molecule has 168 valence electrons. The Hall–Kier alpha value is -3.61. The van der Waals surface area contributed by atoms with Gasteiger partial charge in [0.1, 0.15) is 5.75 Å². The number of carbonyl (C=O) groups excluding carboxylic acids is 3. The fourth-order valence-corrected chi connectivity index (χ4v) is 3.89. The summed E-state index contributed by atoms with van der Waals surface area (Å²) in [5.74, 6) is -1.41. The molecule has 2 aromatic carbocycles. The molecular formula is C25H28N2O5. The van der Waals surface area contributed by atoms with Crippen molar-refractivity contribution >= 4 is 28.6 Å². The fourth-order valence-electron chi connectivity index (χ4n) is 3.89. The van der Waals surface area contributed by atoms with Gasteiger partial charge in [0.2, 0.25) is 0 Å². The first kappa shape index (κ1) is 23.1. The molecule has 1 aromatic heterocycles. The number of esters is 1. The maximum Gasteiger partial charge on any atom is 0.305 e. The molecule has 1 amide bonds. The van der Waals surface area contributed by atoms with E-state index >= 15 is 0 Å². The fraction of sp³-hybridized carbons (Fsp3) is 0.320. The number of aryl methyl sites for hydroxylation is 1. The van der Waals surface area contributed by atoms with Gasteiger partial charge in [-0.2, -0.15) is 0 Å². The Morgan fingerprint density at radius 3 is 2.44 bits per heavy atom. The minimum absolute atomic E-state index is 0.259. The summed E-state index contributed by atoms with van der Waals surface area (Å²) < 4.78 is 12.8. The average molecular weight is 437 g/mol. The Labute approximate surface area is 187 Å². The number of benzene rings is 2. The van der Waals surface area contributed by atoms with Crippen LogP contribution in [0.1, 0.15) is 46.9 Å². The lowest BCUT2D eigenvalue weighted by Crippen LogP contribution is -2.23. The molecule has 7 nitrogen and oxygen atoms in total. The molecule has 0 saturated heterocycles. The first-order valence-corrected chi connectivity index (χ1v) is 10.6. The average Bonchev–Trinajstić information content (AvgIpc) is 3.03. The number of carbonyl (C=O) groups is 3. The SMILES string of the molecule is CCOC(=O)CCCOc1cc(C)c2c(c1)c(C(=O)C(N)=O)c(C)n2Cc1ccccc1. The van der Waals surface area contributed by atoms with Crippen molar-refractivity contribution in [3.63, 3.8) is 0 Å². The first-order chi connectivity index (χ1) is 15.3. The number of ether oxygens (including phenoxy) is 2. The molecule has 32 heavy (non-hydrogen) atoms. The Morgan fingerprint density at radius 2 is 1.78 bits per heavy atom. The third kappa shape index (κ3) is 4.99. The van der Waals surface area contributed by atoms with Crippen LogP contribution in [0.5, 0.6) is 5.75 Å². The van der Waals surface area contributed by atoms with E-state index in [1.165, 1.54) is 0 Å². The van der Waals surface area contributed by atoms with Gasteiger partial charge in [-0.25, -0.2) is 0 Å². The van der Waals surface area contributed by atoms with Crippen molar-refractivity contribution in [1.82, 2.24) is 4.57 Å². The van der Waals surface area contributed by atoms with E-state index in [9.17, 15) is 14.4 Å². The number of fused-ring (bicyclic) bond motifs is 1. The second kappa shape index (κ2) is 10.1. The Morgan fingerprint density at radius 1 is 1.06 bits per heavy atom. The van der Waals surface area contributed by atoms with Crippen LogP contribution in [0.4, 0.5) is 0 Å². The lowest BCUT2D eigenvalue weighted by Gasteiger charge is -2.12. The normalized spacial score (nSPS) is 10.8. The Balaban J connectivity index is 1.97. The molecule has 0 bridgehead atoms. The number of amides is 1. The van der Waals surface area contributed by atoms with Crippen molar-refractivity contribution in [2.75, 3.05) is 13.2 Å². The maximum absolute atomic E-state index is 12.7. The highest BCUT2D eigenvalue weighted by atomic mass is 16.5. The smallest absolute Gasteiger partial charge is 0.305 e. The zero-order valence-electron chi connectivity index (χ0n) is 18.6.